The van der Waals surface area contributed by atoms with Crippen molar-refractivity contribution < 1.29 is 13.9 Å². The molecule has 1 heterocycles. The fraction of sp³-hybridized carbons (Fsp3) is 0.118. The Labute approximate surface area is 132 Å². The van der Waals surface area contributed by atoms with Gasteiger partial charge in [-0.25, -0.2) is 14.6 Å². The molecule has 0 spiro atoms. The monoisotopic (exact) mass is 309 g/mol. The smallest absolute Gasteiger partial charge is 0.428 e. The Balaban J connectivity index is 1.97. The van der Waals surface area contributed by atoms with E-state index in [1.807, 2.05) is 6.92 Å². The number of cyclic esters (lactones) is 1. The van der Waals surface area contributed by atoms with Gasteiger partial charge in [-0.3, -0.25) is 0 Å². The zero-order valence-corrected chi connectivity index (χ0v) is 12.3. The third-order valence-corrected chi connectivity index (χ3v) is 3.57. The van der Waals surface area contributed by atoms with Crippen LogP contribution in [0.1, 0.15) is 16.7 Å². The molecule has 2 aromatic carbocycles. The first-order valence-electron chi connectivity index (χ1n) is 6.89. The molecule has 5 nitrogen and oxygen atoms in total. The predicted octanol–water partition coefficient (Wildman–Crippen LogP) is 3.12. The van der Waals surface area contributed by atoms with Gasteiger partial charge in [0.25, 0.3) is 0 Å². The highest BCUT2D eigenvalue weighted by atomic mass is 19.1. The Morgan fingerprint density at radius 1 is 1.26 bits per heavy atom. The van der Waals surface area contributed by atoms with Crippen molar-refractivity contribution in [2.24, 2.45) is 5.10 Å². The number of amides is 1. The van der Waals surface area contributed by atoms with Gasteiger partial charge in [-0.1, -0.05) is 18.2 Å². The van der Waals surface area contributed by atoms with Crippen molar-refractivity contribution >= 4 is 11.8 Å². The fourth-order valence-corrected chi connectivity index (χ4v) is 2.41. The van der Waals surface area contributed by atoms with E-state index in [4.69, 9.17) is 10.00 Å². The van der Waals surface area contributed by atoms with Crippen LogP contribution in [0.5, 0.6) is 0 Å². The van der Waals surface area contributed by atoms with Crippen molar-refractivity contribution in [3.8, 4) is 17.2 Å². The molecule has 2 aromatic rings. The summed E-state index contributed by atoms with van der Waals surface area (Å²) in [4.78, 5) is 10.9. The molecule has 1 N–H and O–H groups in total. The molecule has 0 radical (unpaired) electrons. The maximum Gasteiger partial charge on any atom is 0.428 e. The van der Waals surface area contributed by atoms with Crippen molar-refractivity contribution in [2.75, 3.05) is 6.61 Å². The lowest BCUT2D eigenvalue weighted by molar-refractivity contribution is 0.157. The minimum Gasteiger partial charge on any atom is -0.442 e. The number of rotatable bonds is 2. The molecule has 1 aliphatic rings. The van der Waals surface area contributed by atoms with E-state index < -0.39 is 11.9 Å². The molecule has 1 amide bonds. The van der Waals surface area contributed by atoms with Crippen LogP contribution in [-0.2, 0) is 4.74 Å². The molecule has 1 aliphatic heterocycles. The van der Waals surface area contributed by atoms with E-state index in [1.54, 1.807) is 30.3 Å². The number of nitrogens with one attached hydrogen (secondary N) is 1. The minimum absolute atomic E-state index is 0.000510. The Kier molecular flexibility index (Phi) is 3.77. The molecular weight excluding hydrogens is 297 g/mol. The van der Waals surface area contributed by atoms with Gasteiger partial charge >= 0.3 is 6.09 Å². The van der Waals surface area contributed by atoms with Crippen LogP contribution in [-0.4, -0.2) is 18.4 Å². The number of hydrazone groups is 1. The third-order valence-electron chi connectivity index (χ3n) is 3.57. The molecule has 23 heavy (non-hydrogen) atoms. The first-order chi connectivity index (χ1) is 11.1. The Morgan fingerprint density at radius 2 is 2.04 bits per heavy atom. The highest BCUT2D eigenvalue weighted by molar-refractivity contribution is 6.04. The Morgan fingerprint density at radius 3 is 2.65 bits per heavy atom. The maximum absolute atomic E-state index is 14.5. The number of hydrogen-bond acceptors (Lipinski definition) is 4. The van der Waals surface area contributed by atoms with Crippen LogP contribution in [0, 0.1) is 24.1 Å². The quantitative estimate of drug-likeness (QED) is 0.926. The van der Waals surface area contributed by atoms with Gasteiger partial charge in [-0.2, -0.15) is 10.4 Å². The van der Waals surface area contributed by atoms with Crippen LogP contribution >= 0.6 is 0 Å². The van der Waals surface area contributed by atoms with Crippen molar-refractivity contribution in [2.45, 2.75) is 6.92 Å². The second kappa shape index (κ2) is 5.89. The third kappa shape index (κ3) is 2.90. The first-order valence-corrected chi connectivity index (χ1v) is 6.89. The fourth-order valence-electron chi connectivity index (χ4n) is 2.41. The lowest BCUT2D eigenvalue weighted by atomic mass is 9.96. The summed E-state index contributed by atoms with van der Waals surface area (Å²) in [6, 6.07) is 11.9. The van der Waals surface area contributed by atoms with Gasteiger partial charge in [0.2, 0.25) is 0 Å². The number of benzene rings is 2. The van der Waals surface area contributed by atoms with E-state index >= 15 is 0 Å². The largest absolute Gasteiger partial charge is 0.442 e. The highest BCUT2D eigenvalue weighted by Crippen LogP contribution is 2.27. The topological polar surface area (TPSA) is 74.5 Å². The van der Waals surface area contributed by atoms with Crippen molar-refractivity contribution in [1.82, 2.24) is 5.43 Å². The molecule has 0 saturated carbocycles. The molecule has 0 unspecified atom stereocenters. The number of hydrogen-bond donors (Lipinski definition) is 1. The van der Waals surface area contributed by atoms with E-state index in [0.29, 0.717) is 22.4 Å². The standard InChI is InChI=1S/C17H12FN3O2/c1-10-6-11(8-19)2-4-13(10)14-5-3-12(7-15(14)18)16-9-23-17(22)21-20-16/h2-7H,9H2,1H3,(H,21,22). The number of carbonyl (C=O) groups excluding carboxylic acids is 1. The number of aryl methyl sites for hydroxylation is 1. The summed E-state index contributed by atoms with van der Waals surface area (Å²) >= 11 is 0. The van der Waals surface area contributed by atoms with Gasteiger partial charge in [0.15, 0.2) is 0 Å². The van der Waals surface area contributed by atoms with Crippen molar-refractivity contribution in [1.29, 1.82) is 5.26 Å². The van der Waals surface area contributed by atoms with Crippen LogP contribution in [0.2, 0.25) is 0 Å². The van der Waals surface area contributed by atoms with Gasteiger partial charge in [-0.15, -0.1) is 0 Å². The lowest BCUT2D eigenvalue weighted by Crippen LogP contribution is -2.30. The molecule has 0 aliphatic carbocycles. The molecule has 0 fully saturated rings. The molecule has 0 bridgehead atoms. The molecule has 0 atom stereocenters. The lowest BCUT2D eigenvalue weighted by Gasteiger charge is -2.14. The summed E-state index contributed by atoms with van der Waals surface area (Å²) < 4.78 is 19.3. The second-order valence-corrected chi connectivity index (χ2v) is 5.08. The van der Waals surface area contributed by atoms with E-state index in [1.165, 1.54) is 6.07 Å². The number of halogens is 1. The summed E-state index contributed by atoms with van der Waals surface area (Å²) in [5, 5.41) is 12.8. The molecule has 0 aromatic heterocycles. The van der Waals surface area contributed by atoms with Crippen LogP contribution < -0.4 is 5.43 Å². The summed E-state index contributed by atoms with van der Waals surface area (Å²) in [6.07, 6.45) is -0.626. The zero-order chi connectivity index (χ0) is 16.4. The van der Waals surface area contributed by atoms with Crippen LogP contribution in [0.25, 0.3) is 11.1 Å². The summed E-state index contributed by atoms with van der Waals surface area (Å²) in [7, 11) is 0. The second-order valence-electron chi connectivity index (χ2n) is 5.08. The van der Waals surface area contributed by atoms with Gasteiger partial charge in [0.05, 0.1) is 11.6 Å². The highest BCUT2D eigenvalue weighted by Gasteiger charge is 2.16. The summed E-state index contributed by atoms with van der Waals surface area (Å²) in [6.45, 7) is 1.83. The Bertz CT molecular complexity index is 869. The average Bonchev–Trinajstić information content (AvgIpc) is 2.56. The van der Waals surface area contributed by atoms with Crippen LogP contribution in [0.3, 0.4) is 0 Å². The molecule has 114 valence electrons. The van der Waals surface area contributed by atoms with E-state index in [2.05, 4.69) is 16.6 Å². The molecule has 0 saturated heterocycles. The number of nitrogens with zero attached hydrogens (tertiary/aromatic N) is 2. The van der Waals surface area contributed by atoms with E-state index in [-0.39, 0.29) is 6.61 Å². The van der Waals surface area contributed by atoms with Gasteiger partial charge < -0.3 is 4.74 Å². The number of ether oxygens (including phenoxy) is 1. The van der Waals surface area contributed by atoms with Crippen molar-refractivity contribution in [3.63, 3.8) is 0 Å². The normalized spacial score (nSPS) is 13.6. The Hall–Kier alpha value is -3.20. The van der Waals surface area contributed by atoms with Crippen LogP contribution in [0.4, 0.5) is 9.18 Å². The first kappa shape index (κ1) is 14.7. The van der Waals surface area contributed by atoms with Gasteiger partial charge in [0.1, 0.15) is 18.1 Å². The summed E-state index contributed by atoms with van der Waals surface area (Å²) in [5.74, 6) is -0.407. The van der Waals surface area contributed by atoms with Crippen LogP contribution in [0.15, 0.2) is 41.5 Å². The van der Waals surface area contributed by atoms with Crippen molar-refractivity contribution in [3.05, 3.63) is 58.9 Å². The predicted molar refractivity (Wildman–Crippen MR) is 82.3 cm³/mol. The minimum atomic E-state index is -0.626. The SMILES string of the molecule is Cc1cc(C#N)ccc1-c1ccc(C2=NNC(=O)OC2)cc1F. The summed E-state index contributed by atoms with van der Waals surface area (Å²) in [5.41, 5.74) is 5.70. The number of carbonyl (C=O) groups is 1. The number of nitriles is 1. The van der Waals surface area contributed by atoms with Gasteiger partial charge in [-0.05, 0) is 36.2 Å². The zero-order valence-electron chi connectivity index (χ0n) is 12.3. The molecule has 3 rings (SSSR count). The van der Waals surface area contributed by atoms with E-state index in [0.717, 1.165) is 11.1 Å². The van der Waals surface area contributed by atoms with Gasteiger partial charge in [0, 0.05) is 11.1 Å². The molecule has 6 heteroatoms. The molecular formula is C17H12FN3O2. The maximum atomic E-state index is 14.5. The van der Waals surface area contributed by atoms with E-state index in [9.17, 15) is 9.18 Å². The average molecular weight is 309 g/mol.